The first-order chi connectivity index (χ1) is 7.86. The molecule has 2 aliphatic rings. The van der Waals surface area contributed by atoms with Crippen LogP contribution in [0.3, 0.4) is 0 Å². The van der Waals surface area contributed by atoms with Crippen molar-refractivity contribution in [1.29, 1.82) is 0 Å². The average molecular weight is 236 g/mol. The normalized spacial score (nSPS) is 33.6. The summed E-state index contributed by atoms with van der Waals surface area (Å²) in [5.41, 5.74) is 0.206. The topological polar surface area (TPSA) is 49.4 Å². The van der Waals surface area contributed by atoms with Gasteiger partial charge in [-0.05, 0) is 39.5 Å². The third-order valence-electron chi connectivity index (χ3n) is 3.77. The number of amides is 2. The molecule has 0 spiro atoms. The van der Waals surface area contributed by atoms with Crippen LogP contribution in [0.1, 0.15) is 33.6 Å². The predicted molar refractivity (Wildman–Crippen MR) is 65.3 cm³/mol. The molecule has 0 aromatic rings. The molecule has 1 aliphatic heterocycles. The molecule has 2 atom stereocenters. The van der Waals surface area contributed by atoms with E-state index in [2.05, 4.69) is 11.9 Å². The maximum Gasteiger partial charge on any atom is 0.249 e. The molecule has 1 saturated heterocycles. The van der Waals surface area contributed by atoms with Crippen LogP contribution in [0, 0.1) is 5.92 Å². The molecule has 2 fully saturated rings. The zero-order valence-electron chi connectivity index (χ0n) is 10.7. The predicted octanol–water partition coefficient (Wildman–Crippen LogP) is 1.08. The Hall–Kier alpha value is -1.32. The van der Waals surface area contributed by atoms with Crippen molar-refractivity contribution in [2.24, 2.45) is 5.92 Å². The van der Waals surface area contributed by atoms with Crippen LogP contribution in [0.2, 0.25) is 0 Å². The van der Waals surface area contributed by atoms with Gasteiger partial charge < -0.3 is 10.2 Å². The zero-order valence-corrected chi connectivity index (χ0v) is 10.7. The fourth-order valence-electron chi connectivity index (χ4n) is 2.47. The summed E-state index contributed by atoms with van der Waals surface area (Å²) in [7, 11) is 0. The van der Waals surface area contributed by atoms with E-state index in [4.69, 9.17) is 0 Å². The summed E-state index contributed by atoms with van der Waals surface area (Å²) in [5, 5.41) is 2.90. The van der Waals surface area contributed by atoms with Crippen molar-refractivity contribution in [3.63, 3.8) is 0 Å². The minimum absolute atomic E-state index is 0.0371. The molecule has 0 bridgehead atoms. The largest absolute Gasteiger partial charge is 0.340 e. The first-order valence-electron chi connectivity index (χ1n) is 6.13. The van der Waals surface area contributed by atoms with E-state index >= 15 is 0 Å². The molecule has 0 radical (unpaired) electrons. The highest BCUT2D eigenvalue weighted by Gasteiger charge is 2.54. The molecule has 4 nitrogen and oxygen atoms in total. The van der Waals surface area contributed by atoms with Crippen molar-refractivity contribution >= 4 is 11.8 Å². The Morgan fingerprint density at radius 1 is 1.53 bits per heavy atom. The third-order valence-corrected chi connectivity index (χ3v) is 3.77. The highest BCUT2D eigenvalue weighted by Crippen LogP contribution is 2.42. The van der Waals surface area contributed by atoms with E-state index in [9.17, 15) is 9.59 Å². The monoisotopic (exact) mass is 236 g/mol. The van der Waals surface area contributed by atoms with Crippen LogP contribution in [-0.2, 0) is 9.59 Å². The molecule has 1 heterocycles. The second-order valence-corrected chi connectivity index (χ2v) is 5.53. The van der Waals surface area contributed by atoms with E-state index in [1.54, 1.807) is 11.8 Å². The minimum atomic E-state index is -0.695. The summed E-state index contributed by atoms with van der Waals surface area (Å²) < 4.78 is 0. The van der Waals surface area contributed by atoms with Crippen LogP contribution in [0.15, 0.2) is 12.2 Å². The number of hydrogen-bond acceptors (Lipinski definition) is 2. The molecule has 2 rings (SSSR count). The summed E-state index contributed by atoms with van der Waals surface area (Å²) in [6.07, 6.45) is 2.05. The Labute approximate surface area is 102 Å². The molecule has 1 saturated carbocycles. The van der Waals surface area contributed by atoms with Crippen molar-refractivity contribution in [3.8, 4) is 0 Å². The van der Waals surface area contributed by atoms with Gasteiger partial charge in [-0.2, -0.15) is 0 Å². The van der Waals surface area contributed by atoms with Crippen molar-refractivity contribution in [2.75, 3.05) is 6.54 Å². The first kappa shape index (κ1) is 12.1. The molecule has 2 amide bonds. The van der Waals surface area contributed by atoms with Crippen molar-refractivity contribution < 1.29 is 9.59 Å². The van der Waals surface area contributed by atoms with E-state index in [-0.39, 0.29) is 11.8 Å². The fraction of sp³-hybridized carbons (Fsp3) is 0.692. The van der Waals surface area contributed by atoms with Crippen molar-refractivity contribution in [2.45, 2.75) is 45.2 Å². The van der Waals surface area contributed by atoms with Crippen molar-refractivity contribution in [1.82, 2.24) is 10.2 Å². The molecular weight excluding hydrogens is 216 g/mol. The van der Waals surface area contributed by atoms with Gasteiger partial charge in [0.15, 0.2) is 0 Å². The van der Waals surface area contributed by atoms with Gasteiger partial charge in [0.2, 0.25) is 11.8 Å². The lowest BCUT2D eigenvalue weighted by molar-refractivity contribution is -0.154. The first-order valence-corrected chi connectivity index (χ1v) is 6.13. The summed E-state index contributed by atoms with van der Waals surface area (Å²) in [6.45, 7) is 9.79. The summed E-state index contributed by atoms with van der Waals surface area (Å²) in [6, 6.07) is -0.397. The van der Waals surface area contributed by atoms with Gasteiger partial charge in [0.1, 0.15) is 11.6 Å². The van der Waals surface area contributed by atoms with Gasteiger partial charge in [-0.3, -0.25) is 9.59 Å². The van der Waals surface area contributed by atoms with Crippen molar-refractivity contribution in [3.05, 3.63) is 12.2 Å². The highest BCUT2D eigenvalue weighted by molar-refractivity contribution is 6.00. The van der Waals surface area contributed by atoms with Gasteiger partial charge >= 0.3 is 0 Å². The van der Waals surface area contributed by atoms with Gasteiger partial charge in [0.05, 0.1) is 0 Å². The molecule has 0 aromatic heterocycles. The number of rotatable bonds is 3. The molecule has 2 unspecified atom stereocenters. The Balaban J connectivity index is 2.26. The average Bonchev–Trinajstić information content (AvgIpc) is 3.05. The molecular formula is C13H20N2O2. The summed E-state index contributed by atoms with van der Waals surface area (Å²) in [5.74, 6) is 0.287. The van der Waals surface area contributed by atoms with Crippen LogP contribution in [-0.4, -0.2) is 34.8 Å². The molecule has 4 heteroatoms. The SMILES string of the molecule is C=C(C)CN1C(=O)C(C)(C2CC2)NC(=O)C1C. The highest BCUT2D eigenvalue weighted by atomic mass is 16.2. The number of carbonyl (C=O) groups is 2. The second-order valence-electron chi connectivity index (χ2n) is 5.53. The molecule has 1 aliphatic carbocycles. The number of nitrogens with one attached hydrogen (secondary N) is 1. The van der Waals surface area contributed by atoms with Crippen LogP contribution >= 0.6 is 0 Å². The number of piperazine rings is 1. The summed E-state index contributed by atoms with van der Waals surface area (Å²) in [4.78, 5) is 26.1. The summed E-state index contributed by atoms with van der Waals surface area (Å²) >= 11 is 0. The third kappa shape index (κ3) is 1.96. The Kier molecular flexibility index (Phi) is 2.76. The second kappa shape index (κ2) is 3.86. The van der Waals surface area contributed by atoms with Crippen LogP contribution in [0.25, 0.3) is 0 Å². The van der Waals surface area contributed by atoms with Gasteiger partial charge in [-0.25, -0.2) is 0 Å². The van der Waals surface area contributed by atoms with Gasteiger partial charge in [-0.1, -0.05) is 12.2 Å². The van der Waals surface area contributed by atoms with E-state index in [1.165, 1.54) is 0 Å². The number of nitrogens with zero attached hydrogens (tertiary/aromatic N) is 1. The van der Waals surface area contributed by atoms with E-state index < -0.39 is 11.6 Å². The fourth-order valence-corrected chi connectivity index (χ4v) is 2.47. The van der Waals surface area contributed by atoms with Gasteiger partial charge in [0.25, 0.3) is 0 Å². The van der Waals surface area contributed by atoms with Crippen LogP contribution in [0.5, 0.6) is 0 Å². The number of carbonyl (C=O) groups excluding carboxylic acids is 2. The van der Waals surface area contributed by atoms with E-state index in [0.29, 0.717) is 12.5 Å². The minimum Gasteiger partial charge on any atom is -0.340 e. The van der Waals surface area contributed by atoms with Gasteiger partial charge in [-0.15, -0.1) is 0 Å². The Morgan fingerprint density at radius 2 is 2.12 bits per heavy atom. The van der Waals surface area contributed by atoms with Gasteiger partial charge in [0, 0.05) is 6.54 Å². The zero-order chi connectivity index (χ0) is 12.8. The number of hydrogen-bond donors (Lipinski definition) is 1. The molecule has 17 heavy (non-hydrogen) atoms. The quantitative estimate of drug-likeness (QED) is 0.745. The standard InChI is InChI=1S/C13H20N2O2/c1-8(2)7-15-9(3)11(16)14-13(4,12(15)17)10-5-6-10/h9-10H,1,5-7H2,2-4H3,(H,14,16). The molecule has 0 aromatic carbocycles. The van der Waals surface area contributed by atoms with Crippen LogP contribution < -0.4 is 5.32 Å². The lowest BCUT2D eigenvalue weighted by Crippen LogP contribution is -2.69. The van der Waals surface area contributed by atoms with E-state index in [0.717, 1.165) is 18.4 Å². The maximum absolute atomic E-state index is 12.5. The van der Waals surface area contributed by atoms with Crippen LogP contribution in [0.4, 0.5) is 0 Å². The lowest BCUT2D eigenvalue weighted by Gasteiger charge is -2.43. The Morgan fingerprint density at radius 3 is 2.59 bits per heavy atom. The molecule has 94 valence electrons. The Bertz CT molecular complexity index is 387. The smallest absolute Gasteiger partial charge is 0.249 e. The lowest BCUT2D eigenvalue weighted by atomic mass is 9.89. The molecule has 1 N–H and O–H groups in total. The maximum atomic E-state index is 12.5. The van der Waals surface area contributed by atoms with E-state index in [1.807, 2.05) is 13.8 Å².